The number of nitrogens with zero attached hydrogens (tertiary/aromatic N) is 3. The highest BCUT2D eigenvalue weighted by Gasteiger charge is 2.04. The number of rotatable bonds is 14. The Morgan fingerprint density at radius 3 is 1.77 bits per heavy atom. The SMILES string of the molecule is CCCCCCCCCCCCCCCC(=O)n1ccnn1. The second-order valence-electron chi connectivity index (χ2n) is 6.23. The van der Waals surface area contributed by atoms with Crippen molar-refractivity contribution in [3.63, 3.8) is 0 Å². The van der Waals surface area contributed by atoms with Crippen LogP contribution in [-0.2, 0) is 0 Å². The van der Waals surface area contributed by atoms with E-state index in [1.54, 1.807) is 12.4 Å². The quantitative estimate of drug-likeness (QED) is 0.432. The van der Waals surface area contributed by atoms with Gasteiger partial charge < -0.3 is 0 Å². The Morgan fingerprint density at radius 1 is 0.818 bits per heavy atom. The molecule has 0 spiro atoms. The van der Waals surface area contributed by atoms with Crippen molar-refractivity contribution in [2.45, 2.75) is 96.8 Å². The molecule has 4 heteroatoms. The minimum atomic E-state index is 0.0561. The molecule has 1 heterocycles. The zero-order valence-corrected chi connectivity index (χ0v) is 14.3. The van der Waals surface area contributed by atoms with Crippen molar-refractivity contribution >= 4 is 5.91 Å². The van der Waals surface area contributed by atoms with Gasteiger partial charge in [0.15, 0.2) is 0 Å². The molecular formula is C18H33N3O. The van der Waals surface area contributed by atoms with Crippen LogP contribution in [0.1, 0.15) is 102 Å². The van der Waals surface area contributed by atoms with Gasteiger partial charge in [0.25, 0.3) is 0 Å². The summed E-state index contributed by atoms with van der Waals surface area (Å²) in [6, 6.07) is 0. The van der Waals surface area contributed by atoms with E-state index in [0.717, 1.165) is 12.8 Å². The van der Waals surface area contributed by atoms with Gasteiger partial charge in [-0.3, -0.25) is 4.79 Å². The standard InChI is InChI=1S/C18H33N3O/c1-2-3-4-5-6-7-8-9-10-11-12-13-14-15-18(22)21-17-16-19-20-21/h16-17H,2-15H2,1H3. The smallest absolute Gasteiger partial charge is 0.248 e. The minimum Gasteiger partial charge on any atom is -0.273 e. The predicted octanol–water partition coefficient (Wildman–Crippen LogP) is 5.40. The van der Waals surface area contributed by atoms with Crippen LogP contribution in [0.25, 0.3) is 0 Å². The summed E-state index contributed by atoms with van der Waals surface area (Å²) in [4.78, 5) is 11.7. The normalized spacial score (nSPS) is 11.0. The first-order chi connectivity index (χ1) is 10.8. The Bertz CT molecular complexity index is 362. The molecule has 0 aliphatic rings. The van der Waals surface area contributed by atoms with Crippen molar-refractivity contribution in [3.8, 4) is 0 Å². The average molecular weight is 307 g/mol. The topological polar surface area (TPSA) is 47.8 Å². The fraction of sp³-hybridized carbons (Fsp3) is 0.833. The molecule has 0 bridgehead atoms. The maximum Gasteiger partial charge on any atom is 0.248 e. The number of carbonyl (C=O) groups excluding carboxylic acids is 1. The molecule has 0 saturated heterocycles. The van der Waals surface area contributed by atoms with Gasteiger partial charge in [-0.2, -0.15) is 4.68 Å². The molecule has 0 N–H and O–H groups in total. The fourth-order valence-corrected chi connectivity index (χ4v) is 2.75. The van der Waals surface area contributed by atoms with Gasteiger partial charge in [-0.1, -0.05) is 89.2 Å². The summed E-state index contributed by atoms with van der Waals surface area (Å²) in [7, 11) is 0. The third-order valence-electron chi connectivity index (χ3n) is 4.17. The second-order valence-corrected chi connectivity index (χ2v) is 6.23. The lowest BCUT2D eigenvalue weighted by molar-refractivity contribution is 0.0880. The molecule has 22 heavy (non-hydrogen) atoms. The highest BCUT2D eigenvalue weighted by atomic mass is 16.2. The molecule has 4 nitrogen and oxygen atoms in total. The summed E-state index contributed by atoms with van der Waals surface area (Å²) in [5.41, 5.74) is 0. The Morgan fingerprint density at radius 2 is 1.32 bits per heavy atom. The summed E-state index contributed by atoms with van der Waals surface area (Å²) < 4.78 is 1.33. The highest BCUT2D eigenvalue weighted by Crippen LogP contribution is 2.13. The molecule has 0 unspecified atom stereocenters. The van der Waals surface area contributed by atoms with E-state index in [-0.39, 0.29) is 5.91 Å². The molecule has 0 aliphatic heterocycles. The Hall–Kier alpha value is -1.19. The van der Waals surface area contributed by atoms with Crippen LogP contribution in [0.15, 0.2) is 12.4 Å². The van der Waals surface area contributed by atoms with Crippen LogP contribution in [0.4, 0.5) is 0 Å². The first kappa shape index (κ1) is 18.9. The van der Waals surface area contributed by atoms with Crippen molar-refractivity contribution in [2.24, 2.45) is 0 Å². The molecule has 0 fully saturated rings. The van der Waals surface area contributed by atoms with Gasteiger partial charge >= 0.3 is 0 Å². The van der Waals surface area contributed by atoms with Crippen LogP contribution in [0.2, 0.25) is 0 Å². The number of aromatic nitrogens is 3. The first-order valence-corrected chi connectivity index (χ1v) is 9.24. The maximum absolute atomic E-state index is 11.7. The second kappa shape index (κ2) is 13.5. The Kier molecular flexibility index (Phi) is 11.5. The Balaban J connectivity index is 1.77. The van der Waals surface area contributed by atoms with Gasteiger partial charge in [0.05, 0.1) is 12.4 Å². The molecule has 0 aromatic carbocycles. The zero-order chi connectivity index (χ0) is 15.9. The number of hydrogen-bond donors (Lipinski definition) is 0. The largest absolute Gasteiger partial charge is 0.273 e. The van der Waals surface area contributed by atoms with Crippen molar-refractivity contribution in [1.29, 1.82) is 0 Å². The van der Waals surface area contributed by atoms with Crippen LogP contribution in [0.3, 0.4) is 0 Å². The van der Waals surface area contributed by atoms with Crippen LogP contribution in [0, 0.1) is 0 Å². The van der Waals surface area contributed by atoms with Crippen molar-refractivity contribution in [3.05, 3.63) is 12.4 Å². The summed E-state index contributed by atoms with van der Waals surface area (Å²) >= 11 is 0. The van der Waals surface area contributed by atoms with Crippen LogP contribution in [0.5, 0.6) is 0 Å². The van der Waals surface area contributed by atoms with E-state index in [0.29, 0.717) is 6.42 Å². The number of carbonyl (C=O) groups is 1. The van der Waals surface area contributed by atoms with Crippen LogP contribution >= 0.6 is 0 Å². The summed E-state index contributed by atoms with van der Waals surface area (Å²) in [5.74, 6) is 0.0561. The number of unbranched alkanes of at least 4 members (excludes halogenated alkanes) is 12. The van der Waals surface area contributed by atoms with E-state index in [2.05, 4.69) is 17.2 Å². The lowest BCUT2D eigenvalue weighted by atomic mass is 10.0. The molecule has 0 radical (unpaired) electrons. The van der Waals surface area contributed by atoms with E-state index in [4.69, 9.17) is 0 Å². The molecule has 0 aliphatic carbocycles. The lowest BCUT2D eigenvalue weighted by Gasteiger charge is -2.03. The monoisotopic (exact) mass is 307 g/mol. The number of hydrogen-bond acceptors (Lipinski definition) is 3. The first-order valence-electron chi connectivity index (χ1n) is 9.24. The molecule has 0 amide bonds. The molecule has 126 valence electrons. The van der Waals surface area contributed by atoms with E-state index in [9.17, 15) is 4.79 Å². The average Bonchev–Trinajstić information content (AvgIpc) is 3.06. The third-order valence-corrected chi connectivity index (χ3v) is 4.17. The van der Waals surface area contributed by atoms with E-state index < -0.39 is 0 Å². The molecule has 1 aromatic rings. The molecule has 0 saturated carbocycles. The van der Waals surface area contributed by atoms with Gasteiger partial charge in [-0.15, -0.1) is 5.10 Å². The van der Waals surface area contributed by atoms with Crippen LogP contribution in [-0.4, -0.2) is 20.9 Å². The van der Waals surface area contributed by atoms with Crippen molar-refractivity contribution < 1.29 is 4.79 Å². The van der Waals surface area contributed by atoms with E-state index in [1.807, 2.05) is 0 Å². The van der Waals surface area contributed by atoms with Gasteiger partial charge in [0.2, 0.25) is 5.91 Å². The molecular weight excluding hydrogens is 274 g/mol. The van der Waals surface area contributed by atoms with Gasteiger partial charge in [-0.05, 0) is 6.42 Å². The minimum absolute atomic E-state index is 0.0561. The Labute approximate surface area is 135 Å². The molecule has 1 aromatic heterocycles. The molecule has 0 atom stereocenters. The van der Waals surface area contributed by atoms with Gasteiger partial charge in [-0.25, -0.2) is 0 Å². The summed E-state index contributed by atoms with van der Waals surface area (Å²) in [6.07, 6.45) is 21.0. The predicted molar refractivity (Wildman–Crippen MR) is 91.0 cm³/mol. The third kappa shape index (κ3) is 9.69. The lowest BCUT2D eigenvalue weighted by Crippen LogP contribution is -2.10. The fourth-order valence-electron chi connectivity index (χ4n) is 2.75. The molecule has 1 rings (SSSR count). The highest BCUT2D eigenvalue weighted by molar-refractivity contribution is 5.77. The van der Waals surface area contributed by atoms with E-state index in [1.165, 1.54) is 75.3 Å². The summed E-state index contributed by atoms with van der Waals surface area (Å²) in [5, 5.41) is 7.36. The van der Waals surface area contributed by atoms with E-state index >= 15 is 0 Å². The van der Waals surface area contributed by atoms with Crippen LogP contribution < -0.4 is 0 Å². The van der Waals surface area contributed by atoms with Gasteiger partial charge in [0.1, 0.15) is 0 Å². The van der Waals surface area contributed by atoms with Crippen molar-refractivity contribution in [1.82, 2.24) is 15.0 Å². The zero-order valence-electron chi connectivity index (χ0n) is 14.3. The van der Waals surface area contributed by atoms with Gasteiger partial charge in [0, 0.05) is 6.42 Å². The summed E-state index contributed by atoms with van der Waals surface area (Å²) in [6.45, 7) is 2.27. The maximum atomic E-state index is 11.7. The van der Waals surface area contributed by atoms with Crippen molar-refractivity contribution in [2.75, 3.05) is 0 Å².